The van der Waals surface area contributed by atoms with Gasteiger partial charge in [-0.2, -0.15) is 13.9 Å². The van der Waals surface area contributed by atoms with Crippen molar-refractivity contribution in [3.05, 3.63) is 66.2 Å². The second-order valence-corrected chi connectivity index (χ2v) is 5.40. The van der Waals surface area contributed by atoms with E-state index in [1.807, 2.05) is 24.3 Å². The Bertz CT molecular complexity index is 899. The quantitative estimate of drug-likeness (QED) is 0.688. The molecule has 0 aliphatic rings. The van der Waals surface area contributed by atoms with Crippen LogP contribution in [-0.4, -0.2) is 34.4 Å². The predicted molar refractivity (Wildman–Crippen MR) is 92.2 cm³/mol. The molecule has 0 unspecified atom stereocenters. The lowest BCUT2D eigenvalue weighted by Crippen LogP contribution is -2.24. The molecule has 0 radical (unpaired) electrons. The lowest BCUT2D eigenvalue weighted by Gasteiger charge is -2.14. The number of halogens is 2. The summed E-state index contributed by atoms with van der Waals surface area (Å²) in [7, 11) is 1.31. The fourth-order valence-corrected chi connectivity index (χ4v) is 2.45. The molecule has 7 nitrogen and oxygen atoms in total. The van der Waals surface area contributed by atoms with E-state index in [-0.39, 0.29) is 23.6 Å². The molecule has 140 valence electrons. The highest BCUT2D eigenvalue weighted by atomic mass is 19.3. The Morgan fingerprint density at radius 2 is 2.00 bits per heavy atom. The number of hydrogen-bond donors (Lipinski definition) is 1. The zero-order valence-corrected chi connectivity index (χ0v) is 14.3. The summed E-state index contributed by atoms with van der Waals surface area (Å²) in [4.78, 5) is 16.3. The molecule has 2 aromatic carbocycles. The maximum absolute atomic E-state index is 12.7. The van der Waals surface area contributed by atoms with Crippen LogP contribution in [0.25, 0.3) is 5.69 Å². The summed E-state index contributed by atoms with van der Waals surface area (Å²) in [5.41, 5.74) is 1.61. The number of amides is 1. The van der Waals surface area contributed by atoms with Crippen molar-refractivity contribution in [2.75, 3.05) is 7.11 Å². The number of benzene rings is 2. The number of carbonyl (C=O) groups is 1. The Balaban J connectivity index is 1.71. The van der Waals surface area contributed by atoms with Crippen molar-refractivity contribution in [1.29, 1.82) is 0 Å². The summed E-state index contributed by atoms with van der Waals surface area (Å²) in [6.07, 6.45) is 3.01. The van der Waals surface area contributed by atoms with Gasteiger partial charge in [0.05, 0.1) is 18.4 Å². The first-order valence-electron chi connectivity index (χ1n) is 7.92. The van der Waals surface area contributed by atoms with Gasteiger partial charge in [-0.1, -0.05) is 18.2 Å². The average molecular weight is 374 g/mol. The summed E-state index contributed by atoms with van der Waals surface area (Å²) >= 11 is 0. The number of nitrogens with one attached hydrogen (secondary N) is 1. The second kappa shape index (κ2) is 8.26. The van der Waals surface area contributed by atoms with E-state index in [1.54, 1.807) is 11.0 Å². The summed E-state index contributed by atoms with van der Waals surface area (Å²) < 4.78 is 36.4. The highest BCUT2D eigenvalue weighted by molar-refractivity contribution is 5.97. The van der Waals surface area contributed by atoms with Gasteiger partial charge in [-0.25, -0.2) is 9.67 Å². The second-order valence-electron chi connectivity index (χ2n) is 5.40. The Kier molecular flexibility index (Phi) is 5.60. The maximum atomic E-state index is 12.7. The topological polar surface area (TPSA) is 78.3 Å². The third-order valence-electron chi connectivity index (χ3n) is 3.72. The van der Waals surface area contributed by atoms with Crippen molar-refractivity contribution in [1.82, 2.24) is 20.1 Å². The summed E-state index contributed by atoms with van der Waals surface area (Å²) in [5.74, 6) is -0.793. The largest absolute Gasteiger partial charge is 0.493 e. The normalized spacial score (nSPS) is 10.7. The van der Waals surface area contributed by atoms with Crippen molar-refractivity contribution in [2.24, 2.45) is 0 Å². The van der Waals surface area contributed by atoms with Gasteiger partial charge in [0.15, 0.2) is 11.5 Å². The molecule has 0 spiro atoms. The van der Waals surface area contributed by atoms with E-state index in [1.165, 1.54) is 31.6 Å². The van der Waals surface area contributed by atoms with Crippen LogP contribution in [0.15, 0.2) is 55.1 Å². The smallest absolute Gasteiger partial charge is 0.387 e. The van der Waals surface area contributed by atoms with Crippen LogP contribution in [-0.2, 0) is 6.54 Å². The fraction of sp³-hybridized carbons (Fsp3) is 0.167. The van der Waals surface area contributed by atoms with Gasteiger partial charge in [-0.3, -0.25) is 4.79 Å². The minimum atomic E-state index is -3.07. The molecule has 0 saturated carbocycles. The lowest BCUT2D eigenvalue weighted by atomic mass is 10.1. The molecule has 0 fully saturated rings. The number of methoxy groups -OCH3 is 1. The first-order chi connectivity index (χ1) is 13.1. The molecule has 3 rings (SSSR count). The number of hydrogen-bond acceptors (Lipinski definition) is 5. The zero-order chi connectivity index (χ0) is 19.2. The monoisotopic (exact) mass is 374 g/mol. The summed E-state index contributed by atoms with van der Waals surface area (Å²) in [5, 5.41) is 6.71. The summed E-state index contributed by atoms with van der Waals surface area (Å²) in [6.45, 7) is -2.86. The van der Waals surface area contributed by atoms with Crippen molar-refractivity contribution < 1.29 is 23.0 Å². The molecule has 1 N–H and O–H groups in total. The molecule has 0 saturated heterocycles. The average Bonchev–Trinajstić information content (AvgIpc) is 3.21. The molecular formula is C18H16F2N4O3. The van der Waals surface area contributed by atoms with Crippen LogP contribution in [0, 0.1) is 0 Å². The maximum Gasteiger partial charge on any atom is 0.387 e. The standard InChI is InChI=1S/C18H16F2N4O3/c1-26-15-4-2-3-14(16(15)27-18(19)20)17(25)22-9-12-5-7-13(8-6-12)24-11-21-10-23-24/h2-8,10-11,18H,9H2,1H3,(H,22,25). The van der Waals surface area contributed by atoms with Crippen LogP contribution in [0.5, 0.6) is 11.5 Å². The highest BCUT2D eigenvalue weighted by Crippen LogP contribution is 2.32. The summed E-state index contributed by atoms with van der Waals surface area (Å²) in [6, 6.07) is 11.7. The number of ether oxygens (including phenoxy) is 2. The molecule has 1 amide bonds. The Morgan fingerprint density at radius 1 is 1.22 bits per heavy atom. The van der Waals surface area contributed by atoms with E-state index in [2.05, 4.69) is 20.1 Å². The molecule has 27 heavy (non-hydrogen) atoms. The predicted octanol–water partition coefficient (Wildman–Crippen LogP) is 2.81. The number of rotatable bonds is 7. The first kappa shape index (κ1) is 18.3. The van der Waals surface area contributed by atoms with Gasteiger partial charge in [0.25, 0.3) is 5.91 Å². The third-order valence-corrected chi connectivity index (χ3v) is 3.72. The first-order valence-corrected chi connectivity index (χ1v) is 7.92. The molecule has 0 atom stereocenters. The molecule has 1 aromatic heterocycles. The molecule has 0 aliphatic carbocycles. The van der Waals surface area contributed by atoms with E-state index >= 15 is 0 Å². The van der Waals surface area contributed by atoms with Crippen LogP contribution in [0.1, 0.15) is 15.9 Å². The van der Waals surface area contributed by atoms with E-state index in [4.69, 9.17) is 4.74 Å². The Morgan fingerprint density at radius 3 is 2.63 bits per heavy atom. The zero-order valence-electron chi connectivity index (χ0n) is 14.3. The lowest BCUT2D eigenvalue weighted by molar-refractivity contribution is -0.0515. The highest BCUT2D eigenvalue weighted by Gasteiger charge is 2.20. The molecule has 0 aliphatic heterocycles. The van der Waals surface area contributed by atoms with Crippen molar-refractivity contribution in [3.8, 4) is 17.2 Å². The Hall–Kier alpha value is -3.49. The van der Waals surface area contributed by atoms with Gasteiger partial charge in [-0.05, 0) is 29.8 Å². The van der Waals surface area contributed by atoms with Crippen LogP contribution in [0.2, 0.25) is 0 Å². The molecule has 9 heteroatoms. The fourth-order valence-electron chi connectivity index (χ4n) is 2.45. The van der Waals surface area contributed by atoms with Gasteiger partial charge in [-0.15, -0.1) is 0 Å². The SMILES string of the molecule is COc1cccc(C(=O)NCc2ccc(-n3cncn3)cc2)c1OC(F)F. The van der Waals surface area contributed by atoms with Gasteiger partial charge >= 0.3 is 6.61 Å². The van der Waals surface area contributed by atoms with Crippen molar-refractivity contribution >= 4 is 5.91 Å². The van der Waals surface area contributed by atoms with E-state index in [0.717, 1.165) is 11.3 Å². The third kappa shape index (κ3) is 4.38. The van der Waals surface area contributed by atoms with Crippen molar-refractivity contribution in [3.63, 3.8) is 0 Å². The number of alkyl halides is 2. The number of para-hydroxylation sites is 1. The number of carbonyl (C=O) groups excluding carboxylic acids is 1. The minimum absolute atomic E-state index is 0.0334. The van der Waals surface area contributed by atoms with Crippen LogP contribution in [0.4, 0.5) is 8.78 Å². The van der Waals surface area contributed by atoms with Gasteiger partial charge in [0, 0.05) is 6.54 Å². The molecular weight excluding hydrogens is 358 g/mol. The van der Waals surface area contributed by atoms with Crippen molar-refractivity contribution in [2.45, 2.75) is 13.2 Å². The minimum Gasteiger partial charge on any atom is -0.493 e. The molecule has 1 heterocycles. The number of aromatic nitrogens is 3. The van der Waals surface area contributed by atoms with Gasteiger partial charge in [0.1, 0.15) is 12.7 Å². The van der Waals surface area contributed by atoms with E-state index in [0.29, 0.717) is 0 Å². The van der Waals surface area contributed by atoms with Crippen LogP contribution < -0.4 is 14.8 Å². The van der Waals surface area contributed by atoms with Crippen LogP contribution in [0.3, 0.4) is 0 Å². The van der Waals surface area contributed by atoms with E-state index in [9.17, 15) is 13.6 Å². The van der Waals surface area contributed by atoms with Gasteiger partial charge in [0.2, 0.25) is 0 Å². The van der Waals surface area contributed by atoms with Gasteiger partial charge < -0.3 is 14.8 Å². The Labute approximate surface area is 153 Å². The molecule has 3 aromatic rings. The van der Waals surface area contributed by atoms with E-state index < -0.39 is 12.5 Å². The number of nitrogens with zero attached hydrogens (tertiary/aromatic N) is 3. The molecule has 0 bridgehead atoms. The van der Waals surface area contributed by atoms with Crippen LogP contribution >= 0.6 is 0 Å².